The molecule has 17 heavy (non-hydrogen) atoms. The van der Waals surface area contributed by atoms with Crippen LogP contribution >= 0.6 is 0 Å². The molecule has 0 rings (SSSR count). The van der Waals surface area contributed by atoms with Crippen LogP contribution in [0.25, 0.3) is 0 Å². The average molecular weight is 244 g/mol. The van der Waals surface area contributed by atoms with E-state index in [4.69, 9.17) is 9.84 Å². The maximum Gasteiger partial charge on any atom is 0.408 e. The Kier molecular flexibility index (Phi) is 5.17. The van der Waals surface area contributed by atoms with Gasteiger partial charge in [0.05, 0.1) is 0 Å². The van der Waals surface area contributed by atoms with Crippen LogP contribution < -0.4 is 10.6 Å². The standard InChI is InChI=1S/C10H16N2O5/c1-6(8(14)15)12-7(13)5-11-9(16)17-10(2,3)4/h1,5H2,2-4H3,(H,11,16)(H,12,13)(H,14,15). The van der Waals surface area contributed by atoms with Crippen LogP contribution in [0.15, 0.2) is 12.3 Å². The molecular formula is C10H16N2O5. The van der Waals surface area contributed by atoms with Crippen molar-refractivity contribution in [1.82, 2.24) is 10.6 Å². The first-order chi connectivity index (χ1) is 7.61. The molecule has 0 unspecified atom stereocenters. The Balaban J connectivity index is 3.97. The van der Waals surface area contributed by atoms with Gasteiger partial charge >= 0.3 is 12.1 Å². The molecule has 7 nitrogen and oxygen atoms in total. The Morgan fingerprint density at radius 1 is 1.29 bits per heavy atom. The minimum Gasteiger partial charge on any atom is -0.477 e. The van der Waals surface area contributed by atoms with Crippen LogP contribution in [0, 0.1) is 0 Å². The van der Waals surface area contributed by atoms with Crippen LogP contribution in [0.1, 0.15) is 20.8 Å². The minimum atomic E-state index is -1.34. The maximum absolute atomic E-state index is 11.1. The lowest BCUT2D eigenvalue weighted by Gasteiger charge is -2.19. The molecule has 0 atom stereocenters. The van der Waals surface area contributed by atoms with Crippen molar-refractivity contribution in [2.45, 2.75) is 26.4 Å². The Morgan fingerprint density at radius 2 is 1.82 bits per heavy atom. The van der Waals surface area contributed by atoms with Gasteiger partial charge in [-0.05, 0) is 20.8 Å². The molecule has 0 aromatic carbocycles. The lowest BCUT2D eigenvalue weighted by atomic mass is 10.2. The van der Waals surface area contributed by atoms with E-state index in [0.29, 0.717) is 0 Å². The number of hydrogen-bond donors (Lipinski definition) is 3. The summed E-state index contributed by atoms with van der Waals surface area (Å²) in [6.07, 6.45) is -0.756. The fourth-order valence-corrected chi connectivity index (χ4v) is 0.733. The first-order valence-electron chi connectivity index (χ1n) is 4.80. The number of amides is 2. The molecule has 0 aromatic rings. The lowest BCUT2D eigenvalue weighted by molar-refractivity contribution is -0.134. The summed E-state index contributed by atoms with van der Waals surface area (Å²) in [5.41, 5.74) is -1.12. The second-order valence-electron chi connectivity index (χ2n) is 4.19. The van der Waals surface area contributed by atoms with E-state index in [9.17, 15) is 14.4 Å². The Labute approximate surface area is 98.8 Å². The quantitative estimate of drug-likeness (QED) is 0.614. The molecule has 3 N–H and O–H groups in total. The second kappa shape index (κ2) is 5.88. The third-order valence-corrected chi connectivity index (χ3v) is 1.34. The summed E-state index contributed by atoms with van der Waals surface area (Å²) in [6, 6.07) is 0. The normalized spacial score (nSPS) is 10.3. The summed E-state index contributed by atoms with van der Waals surface area (Å²) < 4.78 is 4.87. The monoisotopic (exact) mass is 244 g/mol. The first kappa shape index (κ1) is 14.9. The zero-order valence-electron chi connectivity index (χ0n) is 9.99. The third kappa shape index (κ3) is 7.83. The van der Waals surface area contributed by atoms with E-state index in [2.05, 4.69) is 11.9 Å². The molecule has 0 spiro atoms. The van der Waals surface area contributed by atoms with Gasteiger partial charge in [-0.1, -0.05) is 6.58 Å². The molecule has 0 aliphatic rings. The summed E-state index contributed by atoms with van der Waals surface area (Å²) in [7, 11) is 0. The fraction of sp³-hybridized carbons (Fsp3) is 0.500. The predicted octanol–water partition coefficient (Wildman–Crippen LogP) is 0.226. The van der Waals surface area contributed by atoms with Gasteiger partial charge < -0.3 is 20.5 Å². The average Bonchev–Trinajstić information content (AvgIpc) is 2.11. The van der Waals surface area contributed by atoms with Gasteiger partial charge in [0.2, 0.25) is 5.91 Å². The van der Waals surface area contributed by atoms with E-state index in [-0.39, 0.29) is 6.54 Å². The molecule has 0 fully saturated rings. The summed E-state index contributed by atoms with van der Waals surface area (Å²) in [4.78, 5) is 32.6. The predicted molar refractivity (Wildman–Crippen MR) is 59.2 cm³/mol. The summed E-state index contributed by atoms with van der Waals surface area (Å²) in [5.74, 6) is -2.03. The van der Waals surface area contributed by atoms with E-state index in [1.165, 1.54) is 0 Å². The van der Waals surface area contributed by atoms with Crippen molar-refractivity contribution < 1.29 is 24.2 Å². The van der Waals surface area contributed by atoms with E-state index < -0.39 is 29.3 Å². The van der Waals surface area contributed by atoms with Crippen molar-refractivity contribution in [3.05, 3.63) is 12.3 Å². The third-order valence-electron chi connectivity index (χ3n) is 1.34. The van der Waals surface area contributed by atoms with Gasteiger partial charge in [-0.2, -0.15) is 0 Å². The molecule has 0 bridgehead atoms. The molecular weight excluding hydrogens is 228 g/mol. The molecule has 96 valence electrons. The van der Waals surface area contributed by atoms with Crippen LogP contribution in [0.4, 0.5) is 4.79 Å². The zero-order chi connectivity index (χ0) is 13.6. The van der Waals surface area contributed by atoms with E-state index in [1.807, 2.05) is 5.32 Å². The van der Waals surface area contributed by atoms with Gasteiger partial charge in [0.25, 0.3) is 0 Å². The van der Waals surface area contributed by atoms with Crippen molar-refractivity contribution in [2.75, 3.05) is 6.54 Å². The number of hydrogen-bond acceptors (Lipinski definition) is 4. The Morgan fingerprint density at radius 3 is 2.24 bits per heavy atom. The van der Waals surface area contributed by atoms with Crippen molar-refractivity contribution in [3.8, 4) is 0 Å². The Bertz CT molecular complexity index is 343. The Hall–Kier alpha value is -2.05. The molecule has 0 heterocycles. The molecule has 2 amide bonds. The minimum absolute atomic E-state index is 0.388. The van der Waals surface area contributed by atoms with Gasteiger partial charge in [-0.15, -0.1) is 0 Å². The summed E-state index contributed by atoms with van der Waals surface area (Å²) in [5, 5.41) is 12.6. The number of nitrogens with one attached hydrogen (secondary N) is 2. The largest absolute Gasteiger partial charge is 0.477 e. The van der Waals surface area contributed by atoms with Gasteiger partial charge in [0, 0.05) is 0 Å². The van der Waals surface area contributed by atoms with Crippen LogP contribution in [0.2, 0.25) is 0 Å². The molecule has 0 aliphatic heterocycles. The maximum atomic E-state index is 11.1. The van der Waals surface area contributed by atoms with Crippen molar-refractivity contribution in [2.24, 2.45) is 0 Å². The van der Waals surface area contributed by atoms with E-state index >= 15 is 0 Å². The molecule has 0 aliphatic carbocycles. The topological polar surface area (TPSA) is 105 Å². The van der Waals surface area contributed by atoms with Crippen LogP contribution in [0.5, 0.6) is 0 Å². The smallest absolute Gasteiger partial charge is 0.408 e. The molecule has 0 aromatic heterocycles. The lowest BCUT2D eigenvalue weighted by Crippen LogP contribution is -2.40. The SMILES string of the molecule is C=C(NC(=O)CNC(=O)OC(C)(C)C)C(=O)O. The van der Waals surface area contributed by atoms with Crippen LogP contribution in [-0.2, 0) is 14.3 Å². The first-order valence-corrected chi connectivity index (χ1v) is 4.80. The van der Waals surface area contributed by atoms with Gasteiger partial charge in [-0.3, -0.25) is 4.79 Å². The zero-order valence-corrected chi connectivity index (χ0v) is 9.99. The highest BCUT2D eigenvalue weighted by Gasteiger charge is 2.17. The molecule has 0 saturated carbocycles. The van der Waals surface area contributed by atoms with Gasteiger partial charge in [-0.25, -0.2) is 9.59 Å². The summed E-state index contributed by atoms with van der Waals surface area (Å²) >= 11 is 0. The van der Waals surface area contributed by atoms with Gasteiger partial charge in [0.1, 0.15) is 17.8 Å². The second-order valence-corrected chi connectivity index (χ2v) is 4.19. The highest BCUT2D eigenvalue weighted by Crippen LogP contribution is 2.05. The van der Waals surface area contributed by atoms with Crippen molar-refractivity contribution >= 4 is 18.0 Å². The number of ether oxygens (including phenoxy) is 1. The highest BCUT2D eigenvalue weighted by atomic mass is 16.6. The number of carbonyl (C=O) groups excluding carboxylic acids is 2. The summed E-state index contributed by atoms with van der Waals surface area (Å²) in [6.45, 7) is 7.76. The van der Waals surface area contributed by atoms with Gasteiger partial charge in [0.15, 0.2) is 0 Å². The van der Waals surface area contributed by atoms with Crippen molar-refractivity contribution in [3.63, 3.8) is 0 Å². The van der Waals surface area contributed by atoms with E-state index in [1.54, 1.807) is 20.8 Å². The van der Waals surface area contributed by atoms with E-state index in [0.717, 1.165) is 0 Å². The van der Waals surface area contributed by atoms with Crippen LogP contribution in [-0.4, -0.2) is 35.2 Å². The molecule has 0 radical (unpaired) electrons. The number of carboxylic acids is 1. The van der Waals surface area contributed by atoms with Crippen molar-refractivity contribution in [1.29, 1.82) is 0 Å². The number of aliphatic carboxylic acids is 1. The number of carboxylic acid groups (broad SMARTS) is 1. The number of alkyl carbamates (subject to hydrolysis) is 1. The highest BCUT2D eigenvalue weighted by molar-refractivity contribution is 5.93. The fourth-order valence-electron chi connectivity index (χ4n) is 0.733. The number of rotatable bonds is 4. The molecule has 7 heteroatoms. The molecule has 0 saturated heterocycles. The van der Waals surface area contributed by atoms with Crippen LogP contribution in [0.3, 0.4) is 0 Å². The number of carbonyl (C=O) groups is 3.